The number of amides is 2. The fourth-order valence-corrected chi connectivity index (χ4v) is 6.01. The molecule has 1 saturated heterocycles. The highest BCUT2D eigenvalue weighted by atomic mass is 19.4. The van der Waals surface area contributed by atoms with Crippen LogP contribution in [0.4, 0.5) is 26.3 Å². The van der Waals surface area contributed by atoms with Crippen LogP contribution in [0.15, 0.2) is 54.6 Å². The van der Waals surface area contributed by atoms with Gasteiger partial charge in [-0.15, -0.1) is 0 Å². The minimum Gasteiger partial charge on any atom is -0.489 e. The summed E-state index contributed by atoms with van der Waals surface area (Å²) >= 11 is 0. The molecule has 0 unspecified atom stereocenters. The Morgan fingerprint density at radius 2 is 1.44 bits per heavy atom. The number of aliphatic carboxylic acids is 2. The van der Waals surface area contributed by atoms with Crippen LogP contribution in [0, 0.1) is 6.92 Å². The number of para-hydroxylation sites is 1. The van der Waals surface area contributed by atoms with Crippen LogP contribution in [0.5, 0.6) is 5.75 Å². The number of pyridine rings is 1. The van der Waals surface area contributed by atoms with Gasteiger partial charge in [0.15, 0.2) is 0 Å². The van der Waals surface area contributed by atoms with Gasteiger partial charge in [-0.05, 0) is 94.9 Å². The first-order chi connectivity index (χ1) is 24.3. The maximum absolute atomic E-state index is 13.2. The summed E-state index contributed by atoms with van der Waals surface area (Å²) in [6.07, 6.45) is -4.37. The van der Waals surface area contributed by atoms with E-state index in [9.17, 15) is 35.9 Å². The van der Waals surface area contributed by atoms with Crippen molar-refractivity contribution in [1.29, 1.82) is 0 Å². The molecule has 1 aromatic heterocycles. The Balaban J connectivity index is 0.000000441. The van der Waals surface area contributed by atoms with Crippen LogP contribution < -0.4 is 15.5 Å². The van der Waals surface area contributed by atoms with Crippen molar-refractivity contribution in [3.8, 4) is 5.75 Å². The number of rotatable bonds is 8. The summed E-state index contributed by atoms with van der Waals surface area (Å²) in [7, 11) is 0. The second-order valence-electron chi connectivity index (χ2n) is 12.3. The number of carbonyl (C=O) groups is 4. The molecular formula is C34H38F6N4O8. The highest BCUT2D eigenvalue weighted by Crippen LogP contribution is 2.35. The lowest BCUT2D eigenvalue weighted by atomic mass is 9.76. The first-order valence-corrected chi connectivity index (χ1v) is 16.0. The van der Waals surface area contributed by atoms with Crippen molar-refractivity contribution in [1.82, 2.24) is 20.7 Å². The molecule has 18 heteroatoms. The van der Waals surface area contributed by atoms with E-state index in [0.29, 0.717) is 36.8 Å². The van der Waals surface area contributed by atoms with Crippen molar-refractivity contribution in [3.63, 3.8) is 0 Å². The number of fused-ring (bicyclic) bond motifs is 1. The van der Waals surface area contributed by atoms with E-state index in [0.717, 1.165) is 48.1 Å². The summed E-state index contributed by atoms with van der Waals surface area (Å²) in [6.45, 7) is 4.63. The Morgan fingerprint density at radius 3 is 1.96 bits per heavy atom. The van der Waals surface area contributed by atoms with Crippen molar-refractivity contribution >= 4 is 34.7 Å². The van der Waals surface area contributed by atoms with E-state index in [4.69, 9.17) is 29.7 Å². The van der Waals surface area contributed by atoms with Gasteiger partial charge in [0, 0.05) is 33.8 Å². The number of benzene rings is 2. The third-order valence-corrected chi connectivity index (χ3v) is 8.50. The van der Waals surface area contributed by atoms with E-state index in [-0.39, 0.29) is 12.3 Å². The molecule has 2 aromatic carbocycles. The van der Waals surface area contributed by atoms with Gasteiger partial charge in [0.2, 0.25) is 5.91 Å². The Hall–Kier alpha value is -4.97. The molecule has 0 radical (unpaired) electrons. The SMILES string of the molecule is Cc1cc(COc2ccc(C(=O)N[C@]3(CC(=O)NO)CC[C@@H](N4CCCC4)CC3)cc2)c2ccccc2n1.O=C(O)C(F)(F)F.O=C(O)C(F)(F)F. The highest BCUT2D eigenvalue weighted by Gasteiger charge is 2.41. The number of halogens is 6. The average molecular weight is 745 g/mol. The molecule has 5 rings (SSSR count). The lowest BCUT2D eigenvalue weighted by molar-refractivity contribution is -0.193. The number of likely N-dealkylation sites (tertiary alicyclic amines) is 1. The molecule has 284 valence electrons. The highest BCUT2D eigenvalue weighted by molar-refractivity contribution is 5.95. The summed E-state index contributed by atoms with van der Waals surface area (Å²) in [6, 6.07) is 17.6. The number of hydroxylamine groups is 1. The molecule has 2 heterocycles. The van der Waals surface area contributed by atoms with Crippen molar-refractivity contribution in [3.05, 3.63) is 71.4 Å². The van der Waals surface area contributed by atoms with Crippen LogP contribution in [-0.2, 0) is 21.0 Å². The summed E-state index contributed by atoms with van der Waals surface area (Å²) < 4.78 is 69.5. The van der Waals surface area contributed by atoms with Gasteiger partial charge in [0.1, 0.15) is 12.4 Å². The molecule has 52 heavy (non-hydrogen) atoms. The van der Waals surface area contributed by atoms with Gasteiger partial charge in [-0.25, -0.2) is 15.1 Å². The quantitative estimate of drug-likeness (QED) is 0.108. The van der Waals surface area contributed by atoms with Crippen molar-refractivity contribution in [2.45, 2.75) is 82.4 Å². The lowest BCUT2D eigenvalue weighted by Gasteiger charge is -2.43. The average Bonchev–Trinajstić information content (AvgIpc) is 3.62. The fourth-order valence-electron chi connectivity index (χ4n) is 6.01. The van der Waals surface area contributed by atoms with E-state index in [1.165, 1.54) is 12.8 Å². The number of carboxylic acid groups (broad SMARTS) is 2. The Bertz CT molecular complexity index is 1660. The van der Waals surface area contributed by atoms with E-state index in [1.807, 2.05) is 37.3 Å². The topological polar surface area (TPSA) is 178 Å². The number of aryl methyl sites for hydroxylation is 1. The molecule has 3 aromatic rings. The van der Waals surface area contributed by atoms with Gasteiger partial charge in [0.25, 0.3) is 5.91 Å². The molecule has 1 aliphatic carbocycles. The third kappa shape index (κ3) is 12.4. The van der Waals surface area contributed by atoms with Gasteiger partial charge < -0.3 is 25.2 Å². The molecule has 1 aliphatic heterocycles. The third-order valence-electron chi connectivity index (χ3n) is 8.50. The van der Waals surface area contributed by atoms with Crippen LogP contribution in [0.2, 0.25) is 0 Å². The summed E-state index contributed by atoms with van der Waals surface area (Å²) in [5.74, 6) is -5.55. The van der Waals surface area contributed by atoms with Crippen LogP contribution >= 0.6 is 0 Å². The Morgan fingerprint density at radius 1 is 0.904 bits per heavy atom. The molecule has 5 N–H and O–H groups in total. The smallest absolute Gasteiger partial charge is 0.489 e. The second kappa shape index (κ2) is 18.0. The zero-order valence-corrected chi connectivity index (χ0v) is 27.9. The van der Waals surface area contributed by atoms with E-state index < -0.39 is 35.7 Å². The van der Waals surface area contributed by atoms with Gasteiger partial charge >= 0.3 is 24.3 Å². The maximum atomic E-state index is 13.2. The number of carboxylic acids is 2. The van der Waals surface area contributed by atoms with Gasteiger partial charge in [0.05, 0.1) is 11.9 Å². The first-order valence-electron chi connectivity index (χ1n) is 16.0. The van der Waals surface area contributed by atoms with Gasteiger partial charge in [-0.2, -0.15) is 26.3 Å². The van der Waals surface area contributed by atoms with E-state index in [2.05, 4.69) is 15.2 Å². The Kier molecular flexibility index (Phi) is 14.3. The summed E-state index contributed by atoms with van der Waals surface area (Å²) in [5.41, 5.74) is 4.52. The van der Waals surface area contributed by atoms with Crippen LogP contribution in [-0.4, -0.2) is 86.1 Å². The largest absolute Gasteiger partial charge is 0.490 e. The number of carbonyl (C=O) groups excluding carboxylic acids is 2. The number of hydrogen-bond acceptors (Lipinski definition) is 8. The Labute approximate surface area is 293 Å². The zero-order valence-electron chi connectivity index (χ0n) is 27.9. The molecule has 2 fully saturated rings. The van der Waals surface area contributed by atoms with Crippen molar-refractivity contribution in [2.24, 2.45) is 0 Å². The summed E-state index contributed by atoms with van der Waals surface area (Å²) in [4.78, 5) is 50.3. The number of ether oxygens (including phenoxy) is 1. The fraction of sp³-hybridized carbons (Fsp3) is 0.441. The normalized spacial score (nSPS) is 19.0. The predicted octanol–water partition coefficient (Wildman–Crippen LogP) is 5.79. The molecular weight excluding hydrogens is 706 g/mol. The minimum atomic E-state index is -5.08. The molecule has 0 spiro atoms. The minimum absolute atomic E-state index is 0.0580. The predicted molar refractivity (Wildman–Crippen MR) is 172 cm³/mol. The molecule has 12 nitrogen and oxygen atoms in total. The molecule has 2 amide bonds. The number of nitrogens with one attached hydrogen (secondary N) is 2. The van der Waals surface area contributed by atoms with E-state index in [1.54, 1.807) is 29.7 Å². The van der Waals surface area contributed by atoms with Gasteiger partial charge in [-0.1, -0.05) is 18.2 Å². The van der Waals surface area contributed by atoms with Crippen LogP contribution in [0.25, 0.3) is 10.9 Å². The van der Waals surface area contributed by atoms with E-state index >= 15 is 0 Å². The molecule has 0 atom stereocenters. The second-order valence-corrected chi connectivity index (χ2v) is 12.3. The van der Waals surface area contributed by atoms with Crippen molar-refractivity contribution in [2.75, 3.05) is 13.1 Å². The van der Waals surface area contributed by atoms with Crippen molar-refractivity contribution < 1.29 is 65.7 Å². The lowest BCUT2D eigenvalue weighted by Crippen LogP contribution is -2.55. The summed E-state index contributed by atoms with van der Waals surface area (Å²) in [5, 5.41) is 27.6. The number of aromatic nitrogens is 1. The molecule has 0 bridgehead atoms. The standard InChI is InChI=1S/C30H36N4O4.2C2HF3O2/c1-21-18-23(26-6-2-3-7-27(26)31-21)20-38-25-10-8-22(9-11-25)29(36)32-30(19-28(35)33-37)14-12-24(13-15-30)34-16-4-5-17-34;2*3-2(4,5)1(6)7/h2-3,6-11,18,24,37H,4-5,12-17,19-20H2,1H3,(H,32,36)(H,33,35);2*(H,6,7)/t24-,30-;;. The number of hydrogen-bond donors (Lipinski definition) is 5. The molecule has 2 aliphatic rings. The van der Waals surface area contributed by atoms with Crippen LogP contribution in [0.1, 0.15) is 66.6 Å². The molecule has 1 saturated carbocycles. The van der Waals surface area contributed by atoms with Crippen LogP contribution in [0.3, 0.4) is 0 Å². The number of nitrogens with zero attached hydrogens (tertiary/aromatic N) is 2. The van der Waals surface area contributed by atoms with Gasteiger partial charge in [-0.3, -0.25) is 19.8 Å². The zero-order chi connectivity index (χ0) is 38.7. The maximum Gasteiger partial charge on any atom is 0.490 e. The number of alkyl halides is 6. The monoisotopic (exact) mass is 744 g/mol. The first kappa shape index (κ1) is 41.5.